The Hall–Kier alpha value is -1.94. The number of hydrogen-bond donors (Lipinski definition) is 3. The molecular formula is C89H174O17P2. The second kappa shape index (κ2) is 77.6. The molecular weight excluding hydrogens is 1400 g/mol. The lowest BCUT2D eigenvalue weighted by atomic mass is 9.99. The van der Waals surface area contributed by atoms with Gasteiger partial charge in [-0.3, -0.25) is 37.3 Å². The number of aliphatic hydroxyl groups is 1. The highest BCUT2D eigenvalue weighted by atomic mass is 31.2. The van der Waals surface area contributed by atoms with Gasteiger partial charge in [0.15, 0.2) is 12.2 Å². The van der Waals surface area contributed by atoms with Crippen molar-refractivity contribution in [1.29, 1.82) is 0 Å². The van der Waals surface area contributed by atoms with Crippen molar-refractivity contribution >= 4 is 39.5 Å². The highest BCUT2D eigenvalue weighted by molar-refractivity contribution is 7.47. The Morgan fingerprint density at radius 3 is 0.657 bits per heavy atom. The van der Waals surface area contributed by atoms with E-state index in [-0.39, 0.29) is 25.7 Å². The summed E-state index contributed by atoms with van der Waals surface area (Å²) in [4.78, 5) is 73.3. The number of phosphoric acid groups is 2. The van der Waals surface area contributed by atoms with Crippen molar-refractivity contribution in [2.75, 3.05) is 39.6 Å². The lowest BCUT2D eigenvalue weighted by molar-refractivity contribution is -0.161. The van der Waals surface area contributed by atoms with E-state index in [9.17, 15) is 43.2 Å². The summed E-state index contributed by atoms with van der Waals surface area (Å²) in [6.07, 6.45) is 68.2. The molecule has 0 fully saturated rings. The zero-order valence-electron chi connectivity index (χ0n) is 71.5. The maximum atomic E-state index is 13.2. The molecule has 0 radical (unpaired) electrons. The molecule has 3 N–H and O–H groups in total. The van der Waals surface area contributed by atoms with Crippen molar-refractivity contribution in [3.05, 3.63) is 0 Å². The van der Waals surface area contributed by atoms with E-state index in [1.165, 1.54) is 263 Å². The lowest BCUT2D eigenvalue weighted by Crippen LogP contribution is -2.30. The van der Waals surface area contributed by atoms with Gasteiger partial charge >= 0.3 is 39.5 Å². The molecule has 0 aromatic heterocycles. The van der Waals surface area contributed by atoms with E-state index in [1.807, 2.05) is 0 Å². The van der Waals surface area contributed by atoms with E-state index in [1.54, 1.807) is 0 Å². The Kier molecular flexibility index (Phi) is 76.2. The van der Waals surface area contributed by atoms with Crippen LogP contribution in [0.5, 0.6) is 0 Å². The second-order valence-electron chi connectivity index (χ2n) is 33.7. The fraction of sp³-hybridized carbons (Fsp3) is 0.955. The zero-order chi connectivity index (χ0) is 79.5. The van der Waals surface area contributed by atoms with Crippen LogP contribution in [0.4, 0.5) is 0 Å². The number of phosphoric ester groups is 2. The first kappa shape index (κ1) is 106. The summed E-state index contributed by atoms with van der Waals surface area (Å²) in [5.74, 6) is 1.07. The van der Waals surface area contributed by atoms with Crippen LogP contribution in [0, 0.1) is 23.7 Å². The molecule has 0 saturated carbocycles. The fourth-order valence-electron chi connectivity index (χ4n) is 13.8. The normalized spacial score (nSPS) is 14.1. The molecule has 0 aromatic carbocycles. The smallest absolute Gasteiger partial charge is 0.462 e. The first-order valence-electron chi connectivity index (χ1n) is 45.7. The Labute approximate surface area is 664 Å². The molecule has 0 spiro atoms. The van der Waals surface area contributed by atoms with Crippen LogP contribution >= 0.6 is 15.6 Å². The van der Waals surface area contributed by atoms with Gasteiger partial charge in [-0.1, -0.05) is 415 Å². The third kappa shape index (κ3) is 80.7. The monoisotopic (exact) mass is 1580 g/mol. The minimum Gasteiger partial charge on any atom is -0.462 e. The van der Waals surface area contributed by atoms with Crippen LogP contribution in [0.1, 0.15) is 466 Å². The Morgan fingerprint density at radius 2 is 0.444 bits per heavy atom. The van der Waals surface area contributed by atoms with Gasteiger partial charge in [-0.25, -0.2) is 9.13 Å². The van der Waals surface area contributed by atoms with E-state index >= 15 is 0 Å². The Balaban J connectivity index is 5.18. The van der Waals surface area contributed by atoms with Crippen LogP contribution in [0.3, 0.4) is 0 Å². The number of rotatable bonds is 86. The van der Waals surface area contributed by atoms with Crippen molar-refractivity contribution in [3.63, 3.8) is 0 Å². The molecule has 642 valence electrons. The molecule has 0 aliphatic heterocycles. The summed E-state index contributed by atoms with van der Waals surface area (Å²) in [6, 6.07) is 0. The van der Waals surface area contributed by atoms with E-state index in [0.29, 0.717) is 31.6 Å². The average molecular weight is 1580 g/mol. The van der Waals surface area contributed by atoms with Gasteiger partial charge in [0.25, 0.3) is 0 Å². The van der Waals surface area contributed by atoms with Crippen LogP contribution in [-0.2, 0) is 65.4 Å². The largest absolute Gasteiger partial charge is 0.472 e. The predicted molar refractivity (Wildman–Crippen MR) is 446 cm³/mol. The van der Waals surface area contributed by atoms with E-state index in [2.05, 4.69) is 55.4 Å². The van der Waals surface area contributed by atoms with Crippen LogP contribution in [0.2, 0.25) is 0 Å². The molecule has 0 aliphatic rings. The number of unbranched alkanes of at least 4 members (excludes halogenated alkanes) is 51. The molecule has 17 nitrogen and oxygen atoms in total. The zero-order valence-corrected chi connectivity index (χ0v) is 73.3. The van der Waals surface area contributed by atoms with Gasteiger partial charge in [0.1, 0.15) is 19.3 Å². The maximum absolute atomic E-state index is 13.2. The SMILES string of the molecule is CCC(C)CCCCCCCCCCCCCCCCCCCCC(=O)OC[C@H](COP(=O)(O)OCC(O)COP(=O)(O)OC[C@@H](COC(=O)CCCCCCCCCC(C)C)OC(=O)CCCCCCCCCCCCCCCCCCCCC(C)C)OC(=O)CCCCCCCCCCCCCCC(C)C. The minimum absolute atomic E-state index is 0.107. The van der Waals surface area contributed by atoms with Crippen LogP contribution in [0.15, 0.2) is 0 Å². The summed E-state index contributed by atoms with van der Waals surface area (Å²) >= 11 is 0. The standard InChI is InChI=1S/C89H174O17P2/c1-9-82(8)68-60-52-44-36-30-23-19-15-11-13-16-20-24-31-37-45-53-61-69-86(91)99-75-84(105-89(94)72-64-56-47-39-33-27-26-29-35-42-50-58-66-80(4)5)77-103-107(95,96)101-73-83(90)74-102-108(97,98)104-78-85(76-100-87(92)70-62-54-48-40-43-51-59-67-81(6)7)106-88(93)71-63-55-46-38-32-25-21-17-12-10-14-18-22-28-34-41-49-57-65-79(2)3/h79-85,90H,9-78H2,1-8H3,(H,95,96)(H,97,98)/t82?,83?,84-,85-/m1/s1. The number of ether oxygens (including phenoxy) is 4. The van der Waals surface area contributed by atoms with E-state index < -0.39 is 97.5 Å². The Morgan fingerprint density at radius 1 is 0.259 bits per heavy atom. The summed E-state index contributed by atoms with van der Waals surface area (Å²) in [5.41, 5.74) is 0. The number of carbonyl (C=O) groups is 4. The first-order chi connectivity index (χ1) is 52.1. The Bertz CT molecular complexity index is 2100. The molecule has 0 saturated heterocycles. The lowest BCUT2D eigenvalue weighted by Gasteiger charge is -2.21. The summed E-state index contributed by atoms with van der Waals surface area (Å²) in [7, 11) is -9.93. The van der Waals surface area contributed by atoms with E-state index in [0.717, 1.165) is 114 Å². The number of esters is 4. The highest BCUT2D eigenvalue weighted by Gasteiger charge is 2.31. The molecule has 0 aliphatic carbocycles. The fourth-order valence-corrected chi connectivity index (χ4v) is 15.4. The molecule has 0 heterocycles. The second-order valence-corrected chi connectivity index (χ2v) is 36.6. The third-order valence-electron chi connectivity index (χ3n) is 21.2. The van der Waals surface area contributed by atoms with E-state index in [4.69, 9.17) is 37.0 Å². The van der Waals surface area contributed by atoms with Crippen molar-refractivity contribution in [2.45, 2.75) is 485 Å². The van der Waals surface area contributed by atoms with Crippen molar-refractivity contribution in [1.82, 2.24) is 0 Å². The first-order valence-corrected chi connectivity index (χ1v) is 48.7. The molecule has 6 atom stereocenters. The summed E-state index contributed by atoms with van der Waals surface area (Å²) < 4.78 is 68.9. The van der Waals surface area contributed by atoms with Gasteiger partial charge in [0, 0.05) is 25.7 Å². The average Bonchev–Trinajstić information content (AvgIpc) is 0.885. The molecule has 0 aromatic rings. The van der Waals surface area contributed by atoms with Gasteiger partial charge in [-0.05, 0) is 49.4 Å². The van der Waals surface area contributed by atoms with Crippen molar-refractivity contribution in [3.8, 4) is 0 Å². The summed E-state index contributed by atoms with van der Waals surface area (Å²) in [6.45, 7) is 14.4. The summed E-state index contributed by atoms with van der Waals surface area (Å²) in [5, 5.41) is 10.7. The molecule has 0 amide bonds. The molecule has 19 heteroatoms. The molecule has 0 bridgehead atoms. The predicted octanol–water partition coefficient (Wildman–Crippen LogP) is 27.1. The van der Waals surface area contributed by atoms with Gasteiger partial charge in [-0.2, -0.15) is 0 Å². The molecule has 108 heavy (non-hydrogen) atoms. The van der Waals surface area contributed by atoms with Crippen molar-refractivity contribution < 1.29 is 80.2 Å². The van der Waals surface area contributed by atoms with Crippen LogP contribution < -0.4 is 0 Å². The highest BCUT2D eigenvalue weighted by Crippen LogP contribution is 2.45. The quantitative estimate of drug-likeness (QED) is 0.0222. The topological polar surface area (TPSA) is 237 Å². The number of aliphatic hydroxyl groups excluding tert-OH is 1. The van der Waals surface area contributed by atoms with Crippen LogP contribution in [-0.4, -0.2) is 96.7 Å². The van der Waals surface area contributed by atoms with Crippen LogP contribution in [0.25, 0.3) is 0 Å². The molecule has 0 rings (SSSR count). The maximum Gasteiger partial charge on any atom is 0.472 e. The number of carbonyl (C=O) groups excluding carboxylic acids is 4. The van der Waals surface area contributed by atoms with Gasteiger partial charge in [-0.15, -0.1) is 0 Å². The van der Waals surface area contributed by atoms with Gasteiger partial charge < -0.3 is 33.8 Å². The van der Waals surface area contributed by atoms with Crippen molar-refractivity contribution in [2.24, 2.45) is 23.7 Å². The molecule has 4 unspecified atom stereocenters. The van der Waals surface area contributed by atoms with Gasteiger partial charge in [0.2, 0.25) is 0 Å². The minimum atomic E-state index is -4.97. The third-order valence-corrected chi connectivity index (χ3v) is 23.1. The van der Waals surface area contributed by atoms with Gasteiger partial charge in [0.05, 0.1) is 26.4 Å². The number of hydrogen-bond acceptors (Lipinski definition) is 15.